The summed E-state index contributed by atoms with van der Waals surface area (Å²) in [5.74, 6) is -0.584. The Morgan fingerprint density at radius 3 is 2.59 bits per heavy atom. The Morgan fingerprint density at radius 2 is 2.06 bits per heavy atom. The number of thioether (sulfide) groups is 1. The van der Waals surface area contributed by atoms with Crippen LogP contribution < -0.4 is 0 Å². The third-order valence-corrected chi connectivity index (χ3v) is 4.34. The van der Waals surface area contributed by atoms with E-state index in [0.29, 0.717) is 10.6 Å². The van der Waals surface area contributed by atoms with E-state index in [1.807, 2.05) is 6.92 Å². The van der Waals surface area contributed by atoms with E-state index in [4.69, 9.17) is 5.11 Å². The molecule has 1 rings (SSSR count). The Bertz CT molecular complexity index is 520. The van der Waals surface area contributed by atoms with Crippen LogP contribution in [0.2, 0.25) is 0 Å². The highest BCUT2D eigenvalue weighted by Gasteiger charge is 2.11. The number of hydrogen-bond acceptors (Lipinski definition) is 4. The quantitative estimate of drug-likeness (QED) is 0.829. The van der Waals surface area contributed by atoms with Crippen LogP contribution in [0.4, 0.5) is 0 Å². The number of benzene rings is 1. The average molecular weight is 274 g/mol. The zero-order chi connectivity index (χ0) is 13.1. The lowest BCUT2D eigenvalue weighted by molar-refractivity contribution is 0.0693. The molecule has 0 heterocycles. The zero-order valence-corrected chi connectivity index (χ0v) is 11.3. The minimum absolute atomic E-state index is 0.0463. The molecule has 0 saturated carbocycles. The van der Waals surface area contributed by atoms with E-state index in [9.17, 15) is 13.2 Å². The fraction of sp³-hybridized carbons (Fsp3) is 0.364. The van der Waals surface area contributed by atoms with Gasteiger partial charge in [-0.2, -0.15) is 0 Å². The molecule has 0 spiro atoms. The number of carboxylic acid groups (broad SMARTS) is 1. The average Bonchev–Trinajstić information content (AvgIpc) is 2.15. The number of carboxylic acids is 1. The van der Waals surface area contributed by atoms with Crippen molar-refractivity contribution in [2.45, 2.75) is 11.8 Å². The minimum Gasteiger partial charge on any atom is -0.478 e. The third kappa shape index (κ3) is 4.79. The van der Waals surface area contributed by atoms with Crippen LogP contribution in [0, 0.1) is 6.92 Å². The molecule has 0 aliphatic heterocycles. The smallest absolute Gasteiger partial charge is 0.336 e. The van der Waals surface area contributed by atoms with Gasteiger partial charge in [-0.15, -0.1) is 11.8 Å². The van der Waals surface area contributed by atoms with Gasteiger partial charge >= 0.3 is 5.97 Å². The van der Waals surface area contributed by atoms with Gasteiger partial charge in [0.2, 0.25) is 0 Å². The molecule has 0 amide bonds. The molecule has 0 fully saturated rings. The molecule has 1 N–H and O–H groups in total. The normalized spacial score (nSPS) is 11.4. The molecule has 0 atom stereocenters. The fourth-order valence-electron chi connectivity index (χ4n) is 1.23. The molecule has 94 valence electrons. The first kappa shape index (κ1) is 14.1. The van der Waals surface area contributed by atoms with Crippen LogP contribution in [-0.2, 0) is 9.84 Å². The molecule has 1 aromatic rings. The Balaban J connectivity index is 2.82. The van der Waals surface area contributed by atoms with E-state index in [1.165, 1.54) is 18.0 Å². The highest BCUT2D eigenvalue weighted by Crippen LogP contribution is 2.24. The minimum atomic E-state index is -3.01. The predicted molar refractivity (Wildman–Crippen MR) is 68.6 cm³/mol. The van der Waals surface area contributed by atoms with Gasteiger partial charge in [-0.25, -0.2) is 13.2 Å². The van der Waals surface area contributed by atoms with Crippen molar-refractivity contribution in [1.29, 1.82) is 0 Å². The number of carbonyl (C=O) groups is 1. The summed E-state index contributed by atoms with van der Waals surface area (Å²) in [6, 6.07) is 5.03. The van der Waals surface area contributed by atoms with Gasteiger partial charge in [0.05, 0.1) is 11.3 Å². The fourth-order valence-corrected chi connectivity index (χ4v) is 3.57. The molecule has 0 aromatic heterocycles. The van der Waals surface area contributed by atoms with Crippen molar-refractivity contribution < 1.29 is 18.3 Å². The van der Waals surface area contributed by atoms with E-state index in [0.717, 1.165) is 5.56 Å². The standard InChI is InChI=1S/C11H14O4S2/c1-8-3-4-9(11(12)13)10(7-8)16-5-6-17(2,14)15/h3-4,7H,5-6H2,1-2H3,(H,12,13). The van der Waals surface area contributed by atoms with Gasteiger partial charge in [0.15, 0.2) is 0 Å². The van der Waals surface area contributed by atoms with Gasteiger partial charge in [-0.1, -0.05) is 6.07 Å². The lowest BCUT2D eigenvalue weighted by atomic mass is 10.1. The van der Waals surface area contributed by atoms with E-state index >= 15 is 0 Å². The summed E-state index contributed by atoms with van der Waals surface area (Å²) in [6.45, 7) is 1.87. The lowest BCUT2D eigenvalue weighted by Gasteiger charge is -2.06. The summed E-state index contributed by atoms with van der Waals surface area (Å²) in [5, 5.41) is 8.98. The molecular formula is C11H14O4S2. The first-order valence-corrected chi connectivity index (χ1v) is 7.98. The van der Waals surface area contributed by atoms with Crippen LogP contribution in [0.15, 0.2) is 23.1 Å². The van der Waals surface area contributed by atoms with Crippen LogP contribution in [0.3, 0.4) is 0 Å². The number of aryl methyl sites for hydroxylation is 1. The SMILES string of the molecule is Cc1ccc(C(=O)O)c(SCCS(C)(=O)=O)c1. The van der Waals surface area contributed by atoms with Crippen LogP contribution in [-0.4, -0.2) is 37.3 Å². The molecule has 0 unspecified atom stereocenters. The molecular weight excluding hydrogens is 260 g/mol. The van der Waals surface area contributed by atoms with Crippen molar-refractivity contribution in [1.82, 2.24) is 0 Å². The van der Waals surface area contributed by atoms with Crippen molar-refractivity contribution in [2.24, 2.45) is 0 Å². The molecule has 6 heteroatoms. The summed E-state index contributed by atoms with van der Waals surface area (Å²) in [5.41, 5.74) is 1.17. The molecule has 0 saturated heterocycles. The maximum Gasteiger partial charge on any atom is 0.336 e. The summed E-state index contributed by atoms with van der Waals surface area (Å²) >= 11 is 1.26. The maximum absolute atomic E-state index is 11.0. The second-order valence-corrected chi connectivity index (χ2v) is 7.18. The Morgan fingerprint density at radius 1 is 1.41 bits per heavy atom. The van der Waals surface area contributed by atoms with Crippen LogP contribution in [0.25, 0.3) is 0 Å². The summed E-state index contributed by atoms with van der Waals surface area (Å²) in [4.78, 5) is 11.6. The molecule has 0 aliphatic carbocycles. The van der Waals surface area contributed by atoms with Crippen molar-refractivity contribution in [2.75, 3.05) is 17.8 Å². The molecule has 0 radical (unpaired) electrons. The van der Waals surface area contributed by atoms with Crippen LogP contribution >= 0.6 is 11.8 Å². The van der Waals surface area contributed by atoms with Gasteiger partial charge in [-0.05, 0) is 24.6 Å². The zero-order valence-electron chi connectivity index (χ0n) is 9.63. The van der Waals surface area contributed by atoms with Gasteiger partial charge < -0.3 is 5.11 Å². The van der Waals surface area contributed by atoms with Gasteiger partial charge in [0, 0.05) is 16.9 Å². The highest BCUT2D eigenvalue weighted by molar-refractivity contribution is 8.00. The Hall–Kier alpha value is -1.01. The topological polar surface area (TPSA) is 71.4 Å². The van der Waals surface area contributed by atoms with E-state index < -0.39 is 15.8 Å². The predicted octanol–water partition coefficient (Wildman–Crippen LogP) is 1.83. The van der Waals surface area contributed by atoms with Crippen molar-refractivity contribution >= 4 is 27.6 Å². The monoisotopic (exact) mass is 274 g/mol. The van der Waals surface area contributed by atoms with Gasteiger partial charge in [0.1, 0.15) is 9.84 Å². The number of aromatic carboxylic acids is 1. The molecule has 0 bridgehead atoms. The lowest BCUT2D eigenvalue weighted by Crippen LogP contribution is -2.06. The number of hydrogen-bond donors (Lipinski definition) is 1. The van der Waals surface area contributed by atoms with Crippen LogP contribution in [0.1, 0.15) is 15.9 Å². The first-order valence-electron chi connectivity index (χ1n) is 4.94. The van der Waals surface area contributed by atoms with Gasteiger partial charge in [-0.3, -0.25) is 0 Å². The van der Waals surface area contributed by atoms with Crippen LogP contribution in [0.5, 0.6) is 0 Å². The molecule has 17 heavy (non-hydrogen) atoms. The third-order valence-electron chi connectivity index (χ3n) is 2.08. The van der Waals surface area contributed by atoms with E-state index in [-0.39, 0.29) is 11.3 Å². The Kier molecular flexibility index (Phi) is 4.59. The van der Waals surface area contributed by atoms with Gasteiger partial charge in [0.25, 0.3) is 0 Å². The number of sulfone groups is 1. The Labute approximate surface area is 105 Å². The van der Waals surface area contributed by atoms with Crippen molar-refractivity contribution in [3.05, 3.63) is 29.3 Å². The van der Waals surface area contributed by atoms with E-state index in [2.05, 4.69) is 0 Å². The second-order valence-electron chi connectivity index (χ2n) is 3.78. The largest absolute Gasteiger partial charge is 0.478 e. The summed E-state index contributed by atoms with van der Waals surface area (Å²) in [7, 11) is -3.01. The maximum atomic E-state index is 11.0. The van der Waals surface area contributed by atoms with Crippen molar-refractivity contribution in [3.63, 3.8) is 0 Å². The van der Waals surface area contributed by atoms with Crippen molar-refractivity contribution in [3.8, 4) is 0 Å². The summed E-state index contributed by atoms with van der Waals surface area (Å²) in [6.07, 6.45) is 1.17. The molecule has 0 aliphatic rings. The molecule has 1 aromatic carbocycles. The number of rotatable bonds is 5. The van der Waals surface area contributed by atoms with E-state index in [1.54, 1.807) is 18.2 Å². The highest BCUT2D eigenvalue weighted by atomic mass is 32.2. The molecule has 4 nitrogen and oxygen atoms in total. The first-order chi connectivity index (χ1) is 7.79. The summed E-state index contributed by atoms with van der Waals surface area (Å²) < 4.78 is 22.0. The second kappa shape index (κ2) is 5.55.